The van der Waals surface area contributed by atoms with Crippen LogP contribution in [0, 0.1) is 20.8 Å². The average Bonchev–Trinajstić information content (AvgIpc) is 2.71. The molecule has 0 saturated heterocycles. The molecule has 3 rings (SSSR count). The molecule has 1 N–H and O–H groups in total. The molecule has 3 aromatic rings. The first kappa shape index (κ1) is 23.2. The molecule has 0 radical (unpaired) electrons. The molecule has 0 fully saturated rings. The van der Waals surface area contributed by atoms with E-state index in [1.54, 1.807) is 38.1 Å². The topological polar surface area (TPSA) is 80.7 Å². The van der Waals surface area contributed by atoms with Gasteiger partial charge in [-0.3, -0.25) is 9.35 Å². The summed E-state index contributed by atoms with van der Waals surface area (Å²) in [5.41, 5.74) is 4.57. The van der Waals surface area contributed by atoms with Gasteiger partial charge in [0.2, 0.25) is 0 Å². The van der Waals surface area contributed by atoms with E-state index in [1.807, 2.05) is 37.3 Å². The van der Waals surface area contributed by atoms with Crippen LogP contribution in [0.2, 0.25) is 0 Å². The van der Waals surface area contributed by atoms with Gasteiger partial charge < -0.3 is 4.74 Å². The van der Waals surface area contributed by atoms with E-state index in [9.17, 15) is 17.8 Å². The highest BCUT2D eigenvalue weighted by molar-refractivity contribution is 9.09. The number of alkyl halides is 1. The van der Waals surface area contributed by atoms with Crippen LogP contribution >= 0.6 is 15.9 Å². The lowest BCUT2D eigenvalue weighted by Gasteiger charge is -2.18. The summed E-state index contributed by atoms with van der Waals surface area (Å²) in [6, 6.07) is 16.5. The smallest absolute Gasteiger partial charge is 0.295 e. The Kier molecular flexibility index (Phi) is 6.99. The Morgan fingerprint density at radius 3 is 2.29 bits per heavy atom. The van der Waals surface area contributed by atoms with Crippen molar-refractivity contribution in [2.45, 2.75) is 32.3 Å². The molecule has 0 aliphatic rings. The zero-order valence-corrected chi connectivity index (χ0v) is 19.9. The number of hydrogen-bond acceptors (Lipinski definition) is 4. The summed E-state index contributed by atoms with van der Waals surface area (Å²) in [6.07, 6.45) is 0. The molecule has 0 bridgehead atoms. The second-order valence-corrected chi connectivity index (χ2v) is 9.28. The van der Waals surface area contributed by atoms with Crippen molar-refractivity contribution in [2.24, 2.45) is 0 Å². The number of halogens is 1. The van der Waals surface area contributed by atoms with Crippen molar-refractivity contribution in [2.75, 3.05) is 5.33 Å². The average molecular weight is 503 g/mol. The summed E-state index contributed by atoms with van der Waals surface area (Å²) in [5, 5.41) is 0.156. The first-order valence-electron chi connectivity index (χ1n) is 9.62. The lowest BCUT2D eigenvalue weighted by Crippen LogP contribution is -2.08. The highest BCUT2D eigenvalue weighted by Crippen LogP contribution is 2.36. The first-order chi connectivity index (χ1) is 14.6. The van der Waals surface area contributed by atoms with Crippen LogP contribution in [0.25, 0.3) is 11.1 Å². The Morgan fingerprint density at radius 1 is 1.00 bits per heavy atom. The molecule has 0 saturated carbocycles. The minimum atomic E-state index is -4.38. The standard InChI is InChI=1S/C24H23BrO5S/c1-15-11-16(2)24(31(27,28)29)17(3)23(15)19-9-10-20(21(26)13-25)22(12-19)30-14-18-7-5-4-6-8-18/h4-12H,13-14H2,1-3H3,(H,27,28,29). The number of carbonyl (C=O) groups excluding carboxylic acids is 1. The Labute approximate surface area is 191 Å². The van der Waals surface area contributed by atoms with Gasteiger partial charge >= 0.3 is 0 Å². The Morgan fingerprint density at radius 2 is 1.68 bits per heavy atom. The summed E-state index contributed by atoms with van der Waals surface area (Å²) in [7, 11) is -4.38. The minimum Gasteiger partial charge on any atom is -0.488 e. The maximum atomic E-state index is 12.4. The summed E-state index contributed by atoms with van der Waals surface area (Å²) in [5.74, 6) is 0.296. The molecule has 0 unspecified atom stereocenters. The SMILES string of the molecule is Cc1cc(C)c(S(=O)(=O)O)c(C)c1-c1ccc(C(=O)CBr)c(OCc2ccccc2)c1. The molecule has 3 aromatic carbocycles. The summed E-state index contributed by atoms with van der Waals surface area (Å²) in [6.45, 7) is 5.49. The zero-order chi connectivity index (χ0) is 22.8. The van der Waals surface area contributed by atoms with E-state index in [0.29, 0.717) is 33.6 Å². The molecular formula is C24H23BrO5S. The predicted molar refractivity (Wildman–Crippen MR) is 125 cm³/mol. The van der Waals surface area contributed by atoms with Crippen LogP contribution in [-0.2, 0) is 16.7 Å². The normalized spacial score (nSPS) is 11.4. The molecule has 0 aliphatic carbocycles. The third kappa shape index (κ3) is 5.06. The van der Waals surface area contributed by atoms with Gasteiger partial charge in [-0.1, -0.05) is 58.4 Å². The van der Waals surface area contributed by atoms with E-state index in [4.69, 9.17) is 4.74 Å². The fraction of sp³-hybridized carbons (Fsp3) is 0.208. The number of aryl methyl sites for hydroxylation is 2. The molecule has 162 valence electrons. The fourth-order valence-electron chi connectivity index (χ4n) is 3.84. The second kappa shape index (κ2) is 9.34. The summed E-state index contributed by atoms with van der Waals surface area (Å²) >= 11 is 3.21. The van der Waals surface area contributed by atoms with E-state index in [1.165, 1.54) is 0 Å². The Bertz CT molecular complexity index is 1230. The third-order valence-electron chi connectivity index (χ3n) is 5.09. The molecule has 7 heteroatoms. The molecule has 0 atom stereocenters. The largest absolute Gasteiger partial charge is 0.488 e. The lowest BCUT2D eigenvalue weighted by atomic mass is 9.92. The molecule has 0 amide bonds. The van der Waals surface area contributed by atoms with E-state index in [2.05, 4.69) is 15.9 Å². The van der Waals surface area contributed by atoms with Gasteiger partial charge in [0.1, 0.15) is 17.3 Å². The molecule has 31 heavy (non-hydrogen) atoms. The van der Waals surface area contributed by atoms with Crippen LogP contribution in [0.1, 0.15) is 32.6 Å². The highest BCUT2D eigenvalue weighted by atomic mass is 79.9. The number of hydrogen-bond donors (Lipinski definition) is 1. The van der Waals surface area contributed by atoms with Crippen LogP contribution < -0.4 is 4.74 Å². The van der Waals surface area contributed by atoms with Crippen LogP contribution in [0.3, 0.4) is 0 Å². The van der Waals surface area contributed by atoms with Gasteiger partial charge in [-0.15, -0.1) is 0 Å². The Balaban J connectivity index is 2.14. The van der Waals surface area contributed by atoms with Gasteiger partial charge in [-0.05, 0) is 66.3 Å². The van der Waals surface area contributed by atoms with Crippen LogP contribution in [-0.4, -0.2) is 24.1 Å². The van der Waals surface area contributed by atoms with E-state index < -0.39 is 10.1 Å². The van der Waals surface area contributed by atoms with Crippen LogP contribution in [0.5, 0.6) is 5.75 Å². The van der Waals surface area contributed by atoms with Crippen molar-refractivity contribution in [1.29, 1.82) is 0 Å². The number of benzene rings is 3. The van der Waals surface area contributed by atoms with Gasteiger partial charge in [-0.25, -0.2) is 0 Å². The van der Waals surface area contributed by atoms with Gasteiger partial charge in [0.25, 0.3) is 10.1 Å². The Hall–Kier alpha value is -2.48. The number of Topliss-reactive ketones (excluding diaryl/α,β-unsaturated/α-hetero) is 1. The maximum Gasteiger partial charge on any atom is 0.295 e. The van der Waals surface area contributed by atoms with Gasteiger partial charge in [0, 0.05) is 0 Å². The van der Waals surface area contributed by atoms with Gasteiger partial charge in [0.05, 0.1) is 10.9 Å². The predicted octanol–water partition coefficient (Wildman–Crippen LogP) is 5.68. The summed E-state index contributed by atoms with van der Waals surface area (Å²) in [4.78, 5) is 12.3. The van der Waals surface area contributed by atoms with Crippen molar-refractivity contribution in [3.8, 4) is 16.9 Å². The van der Waals surface area contributed by atoms with E-state index in [0.717, 1.165) is 11.1 Å². The van der Waals surface area contributed by atoms with Crippen molar-refractivity contribution in [3.63, 3.8) is 0 Å². The second-order valence-electron chi connectivity index (χ2n) is 7.36. The van der Waals surface area contributed by atoms with Crippen LogP contribution in [0.4, 0.5) is 0 Å². The van der Waals surface area contributed by atoms with Crippen molar-refractivity contribution in [3.05, 3.63) is 82.4 Å². The quantitative estimate of drug-likeness (QED) is 0.255. The minimum absolute atomic E-state index is 0.0968. The number of rotatable bonds is 7. The first-order valence-corrected chi connectivity index (χ1v) is 12.2. The van der Waals surface area contributed by atoms with Gasteiger partial charge in [0.15, 0.2) is 5.78 Å². The van der Waals surface area contributed by atoms with Crippen molar-refractivity contribution in [1.82, 2.24) is 0 Å². The molecule has 0 aromatic heterocycles. The molecule has 0 aliphatic heterocycles. The highest BCUT2D eigenvalue weighted by Gasteiger charge is 2.22. The fourth-order valence-corrected chi connectivity index (χ4v) is 5.10. The zero-order valence-electron chi connectivity index (χ0n) is 17.5. The third-order valence-corrected chi connectivity index (χ3v) is 6.74. The number of ether oxygens (including phenoxy) is 1. The number of ketones is 1. The van der Waals surface area contributed by atoms with Gasteiger partial charge in [-0.2, -0.15) is 8.42 Å². The number of carbonyl (C=O) groups is 1. The van der Waals surface area contributed by atoms with Crippen LogP contribution in [0.15, 0.2) is 59.5 Å². The van der Waals surface area contributed by atoms with Crippen molar-refractivity contribution >= 4 is 31.8 Å². The molecular weight excluding hydrogens is 480 g/mol. The lowest BCUT2D eigenvalue weighted by molar-refractivity contribution is 0.101. The van der Waals surface area contributed by atoms with E-state index in [-0.39, 0.29) is 22.6 Å². The molecule has 5 nitrogen and oxygen atoms in total. The molecule has 0 heterocycles. The monoisotopic (exact) mass is 502 g/mol. The summed E-state index contributed by atoms with van der Waals surface area (Å²) < 4.78 is 39.6. The van der Waals surface area contributed by atoms with Crippen molar-refractivity contribution < 1.29 is 22.5 Å². The maximum absolute atomic E-state index is 12.4. The van der Waals surface area contributed by atoms with E-state index >= 15 is 0 Å². The molecule has 0 spiro atoms.